The predicted octanol–water partition coefficient (Wildman–Crippen LogP) is 2.95. The molecule has 0 unspecified atom stereocenters. The van der Waals surface area contributed by atoms with E-state index in [9.17, 15) is 9.59 Å². The van der Waals surface area contributed by atoms with Crippen LogP contribution in [0.2, 0.25) is 0 Å². The third-order valence-corrected chi connectivity index (χ3v) is 4.35. The van der Waals surface area contributed by atoms with Crippen LogP contribution in [0.5, 0.6) is 0 Å². The number of amides is 2. The van der Waals surface area contributed by atoms with Crippen LogP contribution in [0.15, 0.2) is 42.5 Å². The lowest BCUT2D eigenvalue weighted by molar-refractivity contribution is -0.128. The number of hydrogen-bond donors (Lipinski definition) is 2. The van der Waals surface area contributed by atoms with Gasteiger partial charge >= 0.3 is 0 Å². The van der Waals surface area contributed by atoms with E-state index in [1.807, 2.05) is 36.4 Å². The van der Waals surface area contributed by atoms with Crippen molar-refractivity contribution in [1.29, 1.82) is 0 Å². The van der Waals surface area contributed by atoms with E-state index in [4.69, 9.17) is 11.6 Å². The van der Waals surface area contributed by atoms with Crippen molar-refractivity contribution in [3.05, 3.63) is 48.0 Å². The second-order valence-electron chi connectivity index (χ2n) is 6.06. The minimum absolute atomic E-state index is 0.119. The van der Waals surface area contributed by atoms with Crippen LogP contribution < -0.4 is 10.6 Å². The van der Waals surface area contributed by atoms with Crippen LogP contribution in [-0.2, 0) is 4.79 Å². The molecular weight excluding hydrogens is 312 g/mol. The molecule has 122 valence electrons. The summed E-state index contributed by atoms with van der Waals surface area (Å²) in [5.74, 6) is -0.0131. The fourth-order valence-corrected chi connectivity index (χ4v) is 2.29. The van der Waals surface area contributed by atoms with Crippen LogP contribution in [0.25, 0.3) is 10.8 Å². The van der Waals surface area contributed by atoms with Crippen LogP contribution >= 0.6 is 11.6 Å². The first-order valence-corrected chi connectivity index (χ1v) is 8.09. The molecule has 2 N–H and O–H groups in total. The molecule has 0 aromatic heterocycles. The van der Waals surface area contributed by atoms with Crippen molar-refractivity contribution in [2.45, 2.75) is 13.8 Å². The van der Waals surface area contributed by atoms with Crippen LogP contribution in [0, 0.1) is 5.41 Å². The second kappa shape index (κ2) is 7.47. The molecule has 2 aromatic rings. The molecule has 2 aromatic carbocycles. The molecule has 0 bridgehead atoms. The molecule has 0 aliphatic heterocycles. The number of nitrogens with one attached hydrogen (secondary N) is 2. The molecule has 0 fully saturated rings. The topological polar surface area (TPSA) is 58.2 Å². The first kappa shape index (κ1) is 17.3. The van der Waals surface area contributed by atoms with Crippen LogP contribution in [0.3, 0.4) is 0 Å². The van der Waals surface area contributed by atoms with Gasteiger partial charge in [-0.3, -0.25) is 9.59 Å². The fourth-order valence-electron chi connectivity index (χ4n) is 2.17. The van der Waals surface area contributed by atoms with Crippen LogP contribution in [0.1, 0.15) is 24.2 Å². The predicted molar refractivity (Wildman–Crippen MR) is 93.8 cm³/mol. The molecule has 2 rings (SSSR count). The number of halogens is 1. The fraction of sp³-hybridized carbons (Fsp3) is 0.333. The summed E-state index contributed by atoms with van der Waals surface area (Å²) >= 11 is 5.76. The summed E-state index contributed by atoms with van der Waals surface area (Å²) in [6.07, 6.45) is 0. The average Bonchev–Trinajstić information content (AvgIpc) is 2.57. The Balaban J connectivity index is 1.91. The molecule has 0 heterocycles. The van der Waals surface area contributed by atoms with Crippen molar-refractivity contribution in [3.8, 4) is 0 Å². The molecule has 23 heavy (non-hydrogen) atoms. The van der Waals surface area contributed by atoms with Crippen LogP contribution in [-0.4, -0.2) is 30.8 Å². The summed E-state index contributed by atoms with van der Waals surface area (Å²) in [6, 6.07) is 13.4. The smallest absolute Gasteiger partial charge is 0.251 e. The SMILES string of the molecule is CC(C)(CCl)C(=O)NCCNC(=O)c1cccc2ccccc12. The lowest BCUT2D eigenvalue weighted by Crippen LogP contribution is -2.41. The second-order valence-corrected chi connectivity index (χ2v) is 6.32. The van der Waals surface area contributed by atoms with Crippen LogP contribution in [0.4, 0.5) is 0 Å². The van der Waals surface area contributed by atoms with Gasteiger partial charge in [0, 0.05) is 24.5 Å². The molecule has 0 radical (unpaired) electrons. The van der Waals surface area contributed by atoms with Crippen molar-refractivity contribution < 1.29 is 9.59 Å². The van der Waals surface area contributed by atoms with Crippen molar-refractivity contribution in [3.63, 3.8) is 0 Å². The third kappa shape index (κ3) is 4.23. The van der Waals surface area contributed by atoms with Gasteiger partial charge in [-0.25, -0.2) is 0 Å². The van der Waals surface area contributed by atoms with E-state index in [1.165, 1.54) is 0 Å². The van der Waals surface area contributed by atoms with Crippen molar-refractivity contribution in [2.24, 2.45) is 5.41 Å². The standard InChI is InChI=1S/C18H21ClN2O2/c1-18(2,12-19)17(23)21-11-10-20-16(22)15-9-5-7-13-6-3-4-8-14(13)15/h3-9H,10-12H2,1-2H3,(H,20,22)(H,21,23). The van der Waals surface area contributed by atoms with Gasteiger partial charge in [-0.1, -0.05) is 36.4 Å². The van der Waals surface area contributed by atoms with Crippen molar-refractivity contribution in [1.82, 2.24) is 10.6 Å². The Hall–Kier alpha value is -2.07. The summed E-state index contributed by atoms with van der Waals surface area (Å²) in [6.45, 7) is 4.30. The summed E-state index contributed by atoms with van der Waals surface area (Å²) in [4.78, 5) is 24.2. The van der Waals surface area contributed by atoms with Crippen molar-refractivity contribution >= 4 is 34.2 Å². The summed E-state index contributed by atoms with van der Waals surface area (Å²) < 4.78 is 0. The van der Waals surface area contributed by atoms with Gasteiger partial charge in [0.15, 0.2) is 0 Å². The van der Waals surface area contributed by atoms with Gasteiger partial charge in [0.25, 0.3) is 5.91 Å². The summed E-state index contributed by atoms with van der Waals surface area (Å²) in [5.41, 5.74) is 0.0248. The van der Waals surface area contributed by atoms with Crippen molar-refractivity contribution in [2.75, 3.05) is 19.0 Å². The molecule has 4 nitrogen and oxygen atoms in total. The van der Waals surface area contributed by atoms with E-state index in [0.717, 1.165) is 10.8 Å². The zero-order chi connectivity index (χ0) is 16.9. The Morgan fingerprint density at radius 3 is 2.39 bits per heavy atom. The van der Waals surface area contributed by atoms with Gasteiger partial charge in [-0.05, 0) is 30.7 Å². The van der Waals surface area contributed by atoms with Gasteiger partial charge < -0.3 is 10.6 Å². The molecule has 0 spiro atoms. The van der Waals surface area contributed by atoms with E-state index < -0.39 is 5.41 Å². The lowest BCUT2D eigenvalue weighted by atomic mass is 9.95. The third-order valence-electron chi connectivity index (χ3n) is 3.68. The molecule has 2 amide bonds. The summed E-state index contributed by atoms with van der Waals surface area (Å²) in [7, 11) is 0. The lowest BCUT2D eigenvalue weighted by Gasteiger charge is -2.20. The number of carbonyl (C=O) groups is 2. The van der Waals surface area contributed by atoms with E-state index in [1.54, 1.807) is 19.9 Å². The number of carbonyl (C=O) groups excluding carboxylic acids is 2. The Morgan fingerprint density at radius 2 is 1.65 bits per heavy atom. The molecule has 0 saturated heterocycles. The normalized spacial score (nSPS) is 11.3. The van der Waals surface area contributed by atoms with E-state index in [0.29, 0.717) is 18.7 Å². The van der Waals surface area contributed by atoms with Gasteiger partial charge in [-0.2, -0.15) is 0 Å². The molecule has 0 atom stereocenters. The average molecular weight is 333 g/mol. The number of fused-ring (bicyclic) bond motifs is 1. The minimum Gasteiger partial charge on any atom is -0.354 e. The maximum absolute atomic E-state index is 12.3. The highest BCUT2D eigenvalue weighted by Crippen LogP contribution is 2.18. The highest BCUT2D eigenvalue weighted by Gasteiger charge is 2.25. The van der Waals surface area contributed by atoms with Gasteiger partial charge in [0.05, 0.1) is 5.41 Å². The zero-order valence-electron chi connectivity index (χ0n) is 13.4. The maximum atomic E-state index is 12.3. The quantitative estimate of drug-likeness (QED) is 0.631. The van der Waals surface area contributed by atoms with Gasteiger partial charge in [0.1, 0.15) is 0 Å². The van der Waals surface area contributed by atoms with E-state index >= 15 is 0 Å². The van der Waals surface area contributed by atoms with E-state index in [-0.39, 0.29) is 17.7 Å². The highest BCUT2D eigenvalue weighted by molar-refractivity contribution is 6.19. The molecular formula is C18H21ClN2O2. The molecule has 0 saturated carbocycles. The maximum Gasteiger partial charge on any atom is 0.251 e. The highest BCUT2D eigenvalue weighted by atomic mass is 35.5. The Bertz CT molecular complexity index is 708. The van der Waals surface area contributed by atoms with E-state index in [2.05, 4.69) is 10.6 Å². The zero-order valence-corrected chi connectivity index (χ0v) is 14.1. The molecule has 0 aliphatic carbocycles. The minimum atomic E-state index is -0.610. The van der Waals surface area contributed by atoms with Gasteiger partial charge in [0.2, 0.25) is 5.91 Å². The number of rotatable bonds is 6. The Morgan fingerprint density at radius 1 is 1.00 bits per heavy atom. The largest absolute Gasteiger partial charge is 0.354 e. The Labute approximate surface area is 141 Å². The number of hydrogen-bond acceptors (Lipinski definition) is 2. The Kier molecular flexibility index (Phi) is 5.61. The monoisotopic (exact) mass is 332 g/mol. The first-order chi connectivity index (χ1) is 11.0. The number of alkyl halides is 1. The summed E-state index contributed by atoms with van der Waals surface area (Å²) in [5, 5.41) is 7.55. The number of benzene rings is 2. The molecule has 0 aliphatic rings. The first-order valence-electron chi connectivity index (χ1n) is 7.56. The van der Waals surface area contributed by atoms with Gasteiger partial charge in [-0.15, -0.1) is 11.6 Å². The molecule has 5 heteroatoms.